The molecule has 1 unspecified atom stereocenters. The number of Topliss-reactive ketones (excluding diaryl/α,β-unsaturated/α-hetero) is 1. The summed E-state index contributed by atoms with van der Waals surface area (Å²) in [4.78, 5) is 11.9. The molecule has 3 nitrogen and oxygen atoms in total. The zero-order valence-electron chi connectivity index (χ0n) is 9.51. The second kappa shape index (κ2) is 4.98. The van der Waals surface area contributed by atoms with Crippen LogP contribution in [-0.4, -0.2) is 10.9 Å². The fraction of sp³-hybridized carbons (Fsp3) is 0.0714. The van der Waals surface area contributed by atoms with Gasteiger partial charge in [-0.1, -0.05) is 30.3 Å². The van der Waals surface area contributed by atoms with Gasteiger partial charge in [-0.3, -0.25) is 4.79 Å². The van der Waals surface area contributed by atoms with E-state index in [1.165, 1.54) is 12.1 Å². The monoisotopic (exact) mass is 245 g/mol. The maximum atomic E-state index is 13.6. The molecule has 1 atom stereocenters. The zero-order chi connectivity index (χ0) is 13.1. The number of anilines is 1. The molecular weight excluding hydrogens is 233 g/mol. The molecule has 2 aromatic carbocycles. The Kier molecular flexibility index (Phi) is 3.39. The molecule has 92 valence electrons. The van der Waals surface area contributed by atoms with Gasteiger partial charge in [0.15, 0.2) is 5.78 Å². The van der Waals surface area contributed by atoms with Gasteiger partial charge in [0.2, 0.25) is 0 Å². The van der Waals surface area contributed by atoms with Gasteiger partial charge in [-0.15, -0.1) is 0 Å². The number of carbonyl (C=O) groups excluding carboxylic acids is 1. The number of halogens is 1. The van der Waals surface area contributed by atoms with Crippen molar-refractivity contribution in [3.05, 3.63) is 65.5 Å². The van der Waals surface area contributed by atoms with Gasteiger partial charge in [0.25, 0.3) is 0 Å². The van der Waals surface area contributed by atoms with Crippen LogP contribution in [0.4, 0.5) is 10.1 Å². The van der Waals surface area contributed by atoms with Crippen LogP contribution >= 0.6 is 0 Å². The number of aliphatic hydroxyl groups is 1. The van der Waals surface area contributed by atoms with Gasteiger partial charge in [0.05, 0.1) is 5.56 Å². The largest absolute Gasteiger partial charge is 0.399 e. The van der Waals surface area contributed by atoms with E-state index in [1.54, 1.807) is 30.3 Å². The zero-order valence-corrected chi connectivity index (χ0v) is 9.51. The minimum absolute atomic E-state index is 0.166. The Balaban J connectivity index is 2.32. The maximum Gasteiger partial charge on any atom is 0.198 e. The van der Waals surface area contributed by atoms with Crippen LogP contribution in [0.5, 0.6) is 0 Å². The summed E-state index contributed by atoms with van der Waals surface area (Å²) in [7, 11) is 0. The van der Waals surface area contributed by atoms with Crippen LogP contribution in [0.2, 0.25) is 0 Å². The van der Waals surface area contributed by atoms with Crippen LogP contribution in [0, 0.1) is 5.82 Å². The SMILES string of the molecule is Nc1ccc(C(=O)C(O)c2ccccc2)c(F)c1. The number of benzene rings is 2. The molecule has 2 aromatic rings. The Morgan fingerprint density at radius 3 is 2.44 bits per heavy atom. The minimum atomic E-state index is -1.37. The highest BCUT2D eigenvalue weighted by atomic mass is 19.1. The number of hydrogen-bond acceptors (Lipinski definition) is 3. The second-order valence-electron chi connectivity index (χ2n) is 3.92. The number of nitrogens with two attached hydrogens (primary N) is 1. The van der Waals surface area contributed by atoms with Gasteiger partial charge < -0.3 is 10.8 Å². The van der Waals surface area contributed by atoms with Crippen molar-refractivity contribution in [2.24, 2.45) is 0 Å². The van der Waals surface area contributed by atoms with Gasteiger partial charge in [-0.2, -0.15) is 0 Å². The summed E-state index contributed by atoms with van der Waals surface area (Å²) in [6, 6.07) is 12.1. The lowest BCUT2D eigenvalue weighted by Crippen LogP contribution is -2.14. The Morgan fingerprint density at radius 1 is 1.17 bits per heavy atom. The molecule has 2 rings (SSSR count). The molecule has 0 aliphatic carbocycles. The normalized spacial score (nSPS) is 12.1. The van der Waals surface area contributed by atoms with Crippen LogP contribution in [0.15, 0.2) is 48.5 Å². The molecule has 0 aromatic heterocycles. The molecule has 0 spiro atoms. The van der Waals surface area contributed by atoms with Gasteiger partial charge >= 0.3 is 0 Å². The summed E-state index contributed by atoms with van der Waals surface area (Å²) in [5.74, 6) is -1.41. The highest BCUT2D eigenvalue weighted by molar-refractivity contribution is 6.00. The van der Waals surface area contributed by atoms with E-state index >= 15 is 0 Å². The number of rotatable bonds is 3. The highest BCUT2D eigenvalue weighted by Crippen LogP contribution is 2.21. The van der Waals surface area contributed by atoms with Crippen molar-refractivity contribution < 1.29 is 14.3 Å². The average molecular weight is 245 g/mol. The van der Waals surface area contributed by atoms with Gasteiger partial charge in [-0.25, -0.2) is 4.39 Å². The highest BCUT2D eigenvalue weighted by Gasteiger charge is 2.21. The van der Waals surface area contributed by atoms with Crippen LogP contribution in [0.1, 0.15) is 22.0 Å². The van der Waals surface area contributed by atoms with E-state index in [2.05, 4.69) is 0 Å². The predicted molar refractivity (Wildman–Crippen MR) is 66.5 cm³/mol. The quantitative estimate of drug-likeness (QED) is 0.644. The fourth-order valence-corrected chi connectivity index (χ4v) is 1.67. The number of aliphatic hydroxyl groups excluding tert-OH is 1. The third-order valence-electron chi connectivity index (χ3n) is 2.62. The first kappa shape index (κ1) is 12.3. The Morgan fingerprint density at radius 2 is 1.83 bits per heavy atom. The molecule has 0 aliphatic rings. The molecule has 0 radical (unpaired) electrons. The third kappa shape index (κ3) is 2.38. The van der Waals surface area contributed by atoms with Crippen LogP contribution in [-0.2, 0) is 0 Å². The van der Waals surface area contributed by atoms with E-state index in [9.17, 15) is 14.3 Å². The molecule has 0 fully saturated rings. The Hall–Kier alpha value is -2.20. The van der Waals surface area contributed by atoms with Crippen LogP contribution < -0.4 is 5.73 Å². The van der Waals surface area contributed by atoms with E-state index in [1.807, 2.05) is 0 Å². The summed E-state index contributed by atoms with van der Waals surface area (Å²) in [6.07, 6.45) is -1.37. The average Bonchev–Trinajstić information content (AvgIpc) is 2.38. The topological polar surface area (TPSA) is 63.3 Å². The standard InChI is InChI=1S/C14H12FNO2/c15-12-8-10(16)6-7-11(12)14(18)13(17)9-4-2-1-3-5-9/h1-8,13,17H,16H2. The summed E-state index contributed by atoms with van der Waals surface area (Å²) >= 11 is 0. The Bertz CT molecular complexity index is 569. The molecule has 0 saturated carbocycles. The lowest BCUT2D eigenvalue weighted by molar-refractivity contribution is 0.0743. The van der Waals surface area contributed by atoms with Crippen molar-refractivity contribution in [2.45, 2.75) is 6.10 Å². The van der Waals surface area contributed by atoms with E-state index in [4.69, 9.17) is 5.73 Å². The van der Waals surface area contributed by atoms with Crippen LogP contribution in [0.25, 0.3) is 0 Å². The molecule has 0 heterocycles. The smallest absolute Gasteiger partial charge is 0.198 e. The molecule has 0 amide bonds. The summed E-state index contributed by atoms with van der Waals surface area (Å²) in [6.45, 7) is 0. The van der Waals surface area contributed by atoms with Gasteiger partial charge in [0, 0.05) is 5.69 Å². The predicted octanol–water partition coefficient (Wildman–Crippen LogP) is 2.32. The number of nitrogen functional groups attached to an aromatic ring is 1. The molecule has 0 saturated heterocycles. The van der Waals surface area contributed by atoms with E-state index < -0.39 is 17.7 Å². The molecule has 0 bridgehead atoms. The van der Waals surface area contributed by atoms with Crippen molar-refractivity contribution in [3.8, 4) is 0 Å². The first-order chi connectivity index (χ1) is 8.59. The second-order valence-corrected chi connectivity index (χ2v) is 3.92. The molecule has 4 heteroatoms. The van der Waals surface area contributed by atoms with E-state index in [-0.39, 0.29) is 11.3 Å². The molecule has 0 aliphatic heterocycles. The van der Waals surface area contributed by atoms with E-state index in [0.29, 0.717) is 5.56 Å². The minimum Gasteiger partial charge on any atom is -0.399 e. The lowest BCUT2D eigenvalue weighted by Gasteiger charge is -2.10. The molecule has 3 N–H and O–H groups in total. The Labute approximate surface area is 104 Å². The van der Waals surface area contributed by atoms with Gasteiger partial charge in [0.1, 0.15) is 11.9 Å². The first-order valence-electron chi connectivity index (χ1n) is 5.42. The van der Waals surface area contributed by atoms with Crippen molar-refractivity contribution in [3.63, 3.8) is 0 Å². The molecular formula is C14H12FNO2. The fourth-order valence-electron chi connectivity index (χ4n) is 1.67. The van der Waals surface area contributed by atoms with E-state index in [0.717, 1.165) is 6.07 Å². The summed E-state index contributed by atoms with van der Waals surface area (Å²) < 4.78 is 13.6. The number of ketones is 1. The van der Waals surface area contributed by atoms with Crippen molar-refractivity contribution >= 4 is 11.5 Å². The summed E-state index contributed by atoms with van der Waals surface area (Å²) in [5, 5.41) is 9.89. The van der Waals surface area contributed by atoms with Crippen molar-refractivity contribution in [2.75, 3.05) is 5.73 Å². The summed E-state index contributed by atoms with van der Waals surface area (Å²) in [5.41, 5.74) is 5.90. The molecule has 18 heavy (non-hydrogen) atoms. The lowest BCUT2D eigenvalue weighted by atomic mass is 9.99. The first-order valence-corrected chi connectivity index (χ1v) is 5.42. The van der Waals surface area contributed by atoms with Gasteiger partial charge in [-0.05, 0) is 23.8 Å². The van der Waals surface area contributed by atoms with Crippen molar-refractivity contribution in [1.29, 1.82) is 0 Å². The maximum absolute atomic E-state index is 13.6. The van der Waals surface area contributed by atoms with Crippen molar-refractivity contribution in [1.82, 2.24) is 0 Å². The van der Waals surface area contributed by atoms with Crippen LogP contribution in [0.3, 0.4) is 0 Å². The third-order valence-corrected chi connectivity index (χ3v) is 2.62. The number of carbonyl (C=O) groups is 1. The number of hydrogen-bond donors (Lipinski definition) is 2.